The van der Waals surface area contributed by atoms with Crippen molar-refractivity contribution in [3.8, 4) is 0 Å². The van der Waals surface area contributed by atoms with Crippen LogP contribution in [0.3, 0.4) is 0 Å². The van der Waals surface area contributed by atoms with E-state index in [1.165, 1.54) is 46.3 Å². The van der Waals surface area contributed by atoms with Crippen LogP contribution in [0, 0.1) is 13.8 Å². The Bertz CT molecular complexity index is 2100. The summed E-state index contributed by atoms with van der Waals surface area (Å²) in [5.41, 5.74) is 6.55. The zero-order valence-corrected chi connectivity index (χ0v) is 34.0. The number of benzene rings is 3. The van der Waals surface area contributed by atoms with E-state index in [9.17, 15) is 24.0 Å². The summed E-state index contributed by atoms with van der Waals surface area (Å²) < 4.78 is 4.15. The maximum atomic E-state index is 12.0. The predicted octanol–water partition coefficient (Wildman–Crippen LogP) is 6.49. The molecule has 0 bridgehead atoms. The standard InChI is InChI=1S/C15H16N2O4S.C14H15BrN2O2.C8H8Br2/c1-10-6-17(15(21)16-14(10)20)7-11-2-4-12(5-3-11)8-22-9-13(18)19;1-10-8-17(14(19)16(2)13(10)18)9-12-5-3-11(7-15)4-6-12;9-5-7-1-2-8(6-10)4-3-7/h2-6H,7-9H2,1H3,(H,18,19)(H,16,20,21);3-6,8H,7,9H2,1-2H3;1-4H,5-6H2. The highest BCUT2D eigenvalue weighted by molar-refractivity contribution is 9.09. The fraction of sp³-hybridized carbons (Fsp3) is 0.270. The summed E-state index contributed by atoms with van der Waals surface area (Å²) in [6.07, 6.45) is 3.15. The number of H-pyrrole nitrogens is 1. The van der Waals surface area contributed by atoms with Gasteiger partial charge in [0.2, 0.25) is 0 Å². The molecule has 0 radical (unpaired) electrons. The van der Waals surface area contributed by atoms with E-state index in [0.717, 1.165) is 37.2 Å². The smallest absolute Gasteiger partial charge is 0.331 e. The molecule has 0 aliphatic carbocycles. The second kappa shape index (κ2) is 21.0. The van der Waals surface area contributed by atoms with Crippen LogP contribution in [0.15, 0.2) is 104 Å². The Hall–Kier alpha value is -3.72. The summed E-state index contributed by atoms with van der Waals surface area (Å²) >= 11 is 11.5. The molecule has 0 spiro atoms. The first-order chi connectivity index (χ1) is 24.3. The van der Waals surface area contributed by atoms with Crippen LogP contribution in [-0.4, -0.2) is 35.5 Å². The molecule has 2 N–H and O–H groups in total. The number of carboxylic acids is 1. The van der Waals surface area contributed by atoms with E-state index in [-0.39, 0.29) is 22.6 Å². The van der Waals surface area contributed by atoms with Crippen molar-refractivity contribution in [2.24, 2.45) is 7.05 Å². The summed E-state index contributed by atoms with van der Waals surface area (Å²) in [4.78, 5) is 59.4. The molecule has 0 saturated carbocycles. The van der Waals surface area contributed by atoms with Gasteiger partial charge in [0.15, 0.2) is 0 Å². The second-order valence-corrected chi connectivity index (χ2v) is 14.2. The number of nitrogens with zero attached hydrogens (tertiary/aromatic N) is 3. The third-order valence-corrected chi connectivity index (χ3v) is 10.4. The molecule has 0 atom stereocenters. The number of hydrogen-bond donors (Lipinski definition) is 2. The zero-order valence-electron chi connectivity index (χ0n) is 28.4. The fourth-order valence-electron chi connectivity index (χ4n) is 4.58. The summed E-state index contributed by atoms with van der Waals surface area (Å²) in [6.45, 7) is 4.21. The van der Waals surface area contributed by atoms with Gasteiger partial charge in [-0.25, -0.2) is 9.59 Å². The number of aryl methyl sites for hydroxylation is 2. The van der Waals surface area contributed by atoms with E-state index in [1.54, 1.807) is 24.6 Å². The maximum Gasteiger partial charge on any atom is 0.331 e. The number of halogens is 3. The van der Waals surface area contributed by atoms with Crippen LogP contribution in [0.2, 0.25) is 0 Å². The number of aromatic amines is 1. The van der Waals surface area contributed by atoms with Gasteiger partial charge in [-0.2, -0.15) is 0 Å². The molecule has 0 amide bonds. The van der Waals surface area contributed by atoms with Crippen LogP contribution in [0.4, 0.5) is 0 Å². The topological polar surface area (TPSA) is 136 Å². The molecule has 14 heteroatoms. The van der Waals surface area contributed by atoms with Gasteiger partial charge in [0.1, 0.15) is 0 Å². The van der Waals surface area contributed by atoms with Crippen LogP contribution in [0.5, 0.6) is 0 Å². The number of carboxylic acid groups (broad SMARTS) is 1. The SMILES string of the molecule is BrCc1ccc(CBr)cc1.Cc1cn(Cc2ccc(CBr)cc2)c(=O)n(C)c1=O.Cc1cn(Cc2ccc(CSCC(=O)O)cc2)c(=O)[nH]c1=O. The van der Waals surface area contributed by atoms with Crippen LogP contribution in [0.25, 0.3) is 0 Å². The van der Waals surface area contributed by atoms with Crippen molar-refractivity contribution in [3.63, 3.8) is 0 Å². The Morgan fingerprint density at radius 2 is 1.08 bits per heavy atom. The summed E-state index contributed by atoms with van der Waals surface area (Å²) in [7, 11) is 1.50. The lowest BCUT2D eigenvalue weighted by atomic mass is 10.1. The number of rotatable bonds is 11. The molecule has 0 unspecified atom stereocenters. The lowest BCUT2D eigenvalue weighted by Gasteiger charge is -2.09. The van der Waals surface area contributed by atoms with Gasteiger partial charge in [-0.15, -0.1) is 11.8 Å². The van der Waals surface area contributed by atoms with Gasteiger partial charge in [0.05, 0.1) is 18.8 Å². The fourth-order valence-corrected chi connectivity index (χ4v) is 6.41. The van der Waals surface area contributed by atoms with Crippen LogP contribution >= 0.6 is 59.6 Å². The summed E-state index contributed by atoms with van der Waals surface area (Å²) in [5.74, 6) is -0.118. The Morgan fingerprint density at radius 1 is 0.667 bits per heavy atom. The molecule has 51 heavy (non-hydrogen) atoms. The lowest BCUT2D eigenvalue weighted by molar-refractivity contribution is -0.133. The minimum Gasteiger partial charge on any atom is -0.481 e. The number of hydrogen-bond acceptors (Lipinski definition) is 6. The molecule has 2 heterocycles. The summed E-state index contributed by atoms with van der Waals surface area (Å²) in [6, 6.07) is 24.1. The molecule has 0 aliphatic heterocycles. The molecule has 0 saturated heterocycles. The molecule has 5 aromatic rings. The van der Waals surface area contributed by atoms with Gasteiger partial charge in [0, 0.05) is 52.3 Å². The number of carbonyl (C=O) groups is 1. The second-order valence-electron chi connectivity index (χ2n) is 11.5. The van der Waals surface area contributed by atoms with E-state index >= 15 is 0 Å². The Labute approximate surface area is 325 Å². The number of nitrogens with one attached hydrogen (secondary N) is 1. The third-order valence-electron chi connectivity index (χ3n) is 7.44. The number of aliphatic carboxylic acids is 1. The number of aromatic nitrogens is 4. The monoisotopic (exact) mass is 904 g/mol. The highest BCUT2D eigenvalue weighted by Gasteiger charge is 2.06. The molecule has 0 fully saturated rings. The molecule has 0 aliphatic rings. The number of alkyl halides is 3. The van der Waals surface area contributed by atoms with E-state index in [4.69, 9.17) is 5.11 Å². The van der Waals surface area contributed by atoms with Gasteiger partial charge in [0.25, 0.3) is 11.1 Å². The maximum absolute atomic E-state index is 12.0. The third kappa shape index (κ3) is 13.4. The van der Waals surface area contributed by atoms with Crippen molar-refractivity contribution in [2.75, 3.05) is 5.75 Å². The molecule has 3 aromatic carbocycles. The largest absolute Gasteiger partial charge is 0.481 e. The molecule has 10 nitrogen and oxygen atoms in total. The number of thioether (sulfide) groups is 1. The first-order valence-electron chi connectivity index (χ1n) is 15.6. The van der Waals surface area contributed by atoms with Crippen LogP contribution < -0.4 is 22.5 Å². The van der Waals surface area contributed by atoms with Gasteiger partial charge in [-0.3, -0.25) is 33.1 Å². The quantitative estimate of drug-likeness (QED) is 0.145. The van der Waals surface area contributed by atoms with Crippen molar-refractivity contribution < 1.29 is 9.90 Å². The Morgan fingerprint density at radius 3 is 1.53 bits per heavy atom. The predicted molar refractivity (Wildman–Crippen MR) is 216 cm³/mol. The van der Waals surface area contributed by atoms with Crippen molar-refractivity contribution in [1.29, 1.82) is 0 Å². The normalized spacial score (nSPS) is 10.5. The van der Waals surface area contributed by atoms with Crippen LogP contribution in [-0.2, 0) is 46.7 Å². The van der Waals surface area contributed by atoms with Gasteiger partial charge in [-0.05, 0) is 47.2 Å². The molecule has 5 rings (SSSR count). The first-order valence-corrected chi connectivity index (χ1v) is 20.1. The zero-order chi connectivity index (χ0) is 37.5. The Balaban J connectivity index is 0.000000220. The van der Waals surface area contributed by atoms with Crippen molar-refractivity contribution in [3.05, 3.63) is 171 Å². The van der Waals surface area contributed by atoms with Gasteiger partial charge in [-0.1, -0.05) is 121 Å². The van der Waals surface area contributed by atoms with E-state index in [0.29, 0.717) is 30.0 Å². The molecule has 2 aromatic heterocycles. The average Bonchev–Trinajstić information content (AvgIpc) is 3.13. The van der Waals surface area contributed by atoms with Crippen molar-refractivity contribution in [1.82, 2.24) is 18.7 Å². The molecular formula is C37H39Br3N4O6S. The highest BCUT2D eigenvalue weighted by Crippen LogP contribution is 2.14. The van der Waals surface area contributed by atoms with Crippen molar-refractivity contribution >= 4 is 65.5 Å². The van der Waals surface area contributed by atoms with Gasteiger partial charge < -0.3 is 5.11 Å². The van der Waals surface area contributed by atoms with E-state index in [2.05, 4.69) is 77.0 Å². The van der Waals surface area contributed by atoms with E-state index in [1.807, 2.05) is 48.5 Å². The highest BCUT2D eigenvalue weighted by atomic mass is 79.9. The minimum absolute atomic E-state index is 0.0772. The Kier molecular flexibility index (Phi) is 17.1. The van der Waals surface area contributed by atoms with E-state index < -0.39 is 11.7 Å². The van der Waals surface area contributed by atoms with Crippen molar-refractivity contribution in [2.45, 2.75) is 48.7 Å². The first kappa shape index (κ1) is 41.7. The lowest BCUT2D eigenvalue weighted by Crippen LogP contribution is -2.38. The van der Waals surface area contributed by atoms with Gasteiger partial charge >= 0.3 is 17.3 Å². The van der Waals surface area contributed by atoms with Crippen LogP contribution in [0.1, 0.15) is 44.5 Å². The molecule has 270 valence electrons. The average molecular weight is 908 g/mol. The minimum atomic E-state index is -0.825. The molecular weight excluding hydrogens is 868 g/mol. The summed E-state index contributed by atoms with van der Waals surface area (Å²) in [5, 5.41) is 11.3.